The molecule has 2 rings (SSSR count). The van der Waals surface area contributed by atoms with Crippen LogP contribution in [0.5, 0.6) is 0 Å². The number of aliphatic hydroxyl groups is 1. The quantitative estimate of drug-likeness (QED) is 0.848. The molecule has 0 unspecified atom stereocenters. The van der Waals surface area contributed by atoms with Crippen molar-refractivity contribution < 1.29 is 5.11 Å². The van der Waals surface area contributed by atoms with Crippen molar-refractivity contribution in [1.29, 1.82) is 0 Å². The van der Waals surface area contributed by atoms with Gasteiger partial charge >= 0.3 is 0 Å². The van der Waals surface area contributed by atoms with Crippen LogP contribution in [0.1, 0.15) is 26.5 Å². The first-order valence-corrected chi connectivity index (χ1v) is 5.92. The molecule has 0 radical (unpaired) electrons. The largest absolute Gasteiger partial charge is 0.394 e. The molecule has 0 aliphatic carbocycles. The molecule has 0 atom stereocenters. The topological polar surface area (TPSA) is 81.9 Å². The maximum atomic E-state index is 8.86. The number of anilines is 1. The molecule has 0 aliphatic heterocycles. The lowest BCUT2D eigenvalue weighted by Gasteiger charge is -2.13. The standard InChI is InChI=1S/C12H19N5O/c1-12(2,3)9-8-10(13)17(14-9)11-4-5-16(15-11)6-7-18/h4-5,8,18H,6-7,13H2,1-3H3. The number of nitrogen functional groups attached to an aromatic ring is 1. The van der Waals surface area contributed by atoms with Crippen molar-refractivity contribution in [2.24, 2.45) is 0 Å². The summed E-state index contributed by atoms with van der Waals surface area (Å²) < 4.78 is 3.28. The summed E-state index contributed by atoms with van der Waals surface area (Å²) in [6.07, 6.45) is 1.80. The van der Waals surface area contributed by atoms with E-state index in [0.29, 0.717) is 18.2 Å². The van der Waals surface area contributed by atoms with Gasteiger partial charge in [0.15, 0.2) is 5.82 Å². The third-order valence-corrected chi connectivity index (χ3v) is 2.68. The van der Waals surface area contributed by atoms with Gasteiger partial charge in [0.05, 0.1) is 18.8 Å². The summed E-state index contributed by atoms with van der Waals surface area (Å²) in [5.74, 6) is 1.23. The van der Waals surface area contributed by atoms with E-state index in [-0.39, 0.29) is 12.0 Å². The fourth-order valence-electron chi connectivity index (χ4n) is 1.64. The van der Waals surface area contributed by atoms with Crippen LogP contribution in [0.15, 0.2) is 18.3 Å². The number of rotatable bonds is 3. The van der Waals surface area contributed by atoms with Crippen LogP contribution < -0.4 is 5.73 Å². The predicted octanol–water partition coefficient (Wildman–Crippen LogP) is 0.941. The van der Waals surface area contributed by atoms with Gasteiger partial charge in [-0.15, -0.1) is 0 Å². The Morgan fingerprint density at radius 1 is 1.33 bits per heavy atom. The Balaban J connectivity index is 2.35. The van der Waals surface area contributed by atoms with Crippen molar-refractivity contribution in [3.05, 3.63) is 24.0 Å². The fraction of sp³-hybridized carbons (Fsp3) is 0.500. The Morgan fingerprint density at radius 3 is 2.61 bits per heavy atom. The average Bonchev–Trinajstić information content (AvgIpc) is 2.84. The predicted molar refractivity (Wildman–Crippen MR) is 69.5 cm³/mol. The van der Waals surface area contributed by atoms with E-state index >= 15 is 0 Å². The number of aliphatic hydroxyl groups excluding tert-OH is 1. The Labute approximate surface area is 106 Å². The second-order valence-electron chi connectivity index (χ2n) is 5.28. The first-order chi connectivity index (χ1) is 8.41. The monoisotopic (exact) mass is 249 g/mol. The van der Waals surface area contributed by atoms with E-state index in [1.165, 1.54) is 0 Å². The second-order valence-corrected chi connectivity index (χ2v) is 5.28. The summed E-state index contributed by atoms with van der Waals surface area (Å²) in [7, 11) is 0. The van der Waals surface area contributed by atoms with Gasteiger partial charge in [0.1, 0.15) is 5.82 Å². The molecule has 2 aromatic heterocycles. The maximum Gasteiger partial charge on any atom is 0.177 e. The molecule has 3 N–H and O–H groups in total. The summed E-state index contributed by atoms with van der Waals surface area (Å²) in [4.78, 5) is 0. The van der Waals surface area contributed by atoms with Gasteiger partial charge in [0.25, 0.3) is 0 Å². The van der Waals surface area contributed by atoms with Crippen LogP contribution in [0.2, 0.25) is 0 Å². The van der Waals surface area contributed by atoms with E-state index in [2.05, 4.69) is 31.0 Å². The molecule has 0 saturated heterocycles. The third-order valence-electron chi connectivity index (χ3n) is 2.68. The Bertz CT molecular complexity index is 535. The van der Waals surface area contributed by atoms with E-state index < -0.39 is 0 Å². The zero-order chi connectivity index (χ0) is 13.3. The van der Waals surface area contributed by atoms with Gasteiger partial charge in [0, 0.05) is 23.7 Å². The maximum absolute atomic E-state index is 8.86. The van der Waals surface area contributed by atoms with Crippen molar-refractivity contribution in [3.8, 4) is 5.82 Å². The molecule has 0 spiro atoms. The van der Waals surface area contributed by atoms with Crippen LogP contribution in [0, 0.1) is 0 Å². The Kier molecular flexibility index (Phi) is 3.13. The average molecular weight is 249 g/mol. The lowest BCUT2D eigenvalue weighted by atomic mass is 9.92. The smallest absolute Gasteiger partial charge is 0.177 e. The SMILES string of the molecule is CC(C)(C)c1cc(N)n(-c2ccn(CCO)n2)n1. The molecule has 2 aromatic rings. The van der Waals surface area contributed by atoms with Crippen molar-refractivity contribution in [2.45, 2.75) is 32.7 Å². The van der Waals surface area contributed by atoms with E-state index in [1.807, 2.05) is 12.1 Å². The van der Waals surface area contributed by atoms with Gasteiger partial charge < -0.3 is 10.8 Å². The van der Waals surface area contributed by atoms with E-state index in [0.717, 1.165) is 5.69 Å². The van der Waals surface area contributed by atoms with Crippen LogP contribution in [0.25, 0.3) is 5.82 Å². The van der Waals surface area contributed by atoms with Gasteiger partial charge in [-0.3, -0.25) is 4.68 Å². The van der Waals surface area contributed by atoms with Crippen LogP contribution in [-0.2, 0) is 12.0 Å². The number of nitrogens with zero attached hydrogens (tertiary/aromatic N) is 4. The lowest BCUT2D eigenvalue weighted by Crippen LogP contribution is -2.13. The van der Waals surface area contributed by atoms with Crippen LogP contribution in [0.4, 0.5) is 5.82 Å². The Morgan fingerprint density at radius 2 is 2.06 bits per heavy atom. The first-order valence-electron chi connectivity index (χ1n) is 5.92. The van der Waals surface area contributed by atoms with Crippen molar-refractivity contribution in [3.63, 3.8) is 0 Å². The summed E-state index contributed by atoms with van der Waals surface area (Å²) in [5, 5.41) is 17.6. The highest BCUT2D eigenvalue weighted by molar-refractivity contribution is 5.40. The normalized spacial score (nSPS) is 12.0. The lowest BCUT2D eigenvalue weighted by molar-refractivity contribution is 0.269. The summed E-state index contributed by atoms with van der Waals surface area (Å²) in [5.41, 5.74) is 6.83. The molecular weight excluding hydrogens is 230 g/mol. The molecule has 0 aliphatic rings. The van der Waals surface area contributed by atoms with Gasteiger partial charge in [-0.05, 0) is 0 Å². The molecule has 6 nitrogen and oxygen atoms in total. The van der Waals surface area contributed by atoms with Crippen molar-refractivity contribution >= 4 is 5.82 Å². The molecule has 0 saturated carbocycles. The Hall–Kier alpha value is -1.82. The summed E-state index contributed by atoms with van der Waals surface area (Å²) in [6.45, 7) is 6.78. The molecular formula is C12H19N5O. The molecule has 0 fully saturated rings. The highest BCUT2D eigenvalue weighted by Gasteiger charge is 2.20. The number of aromatic nitrogens is 4. The number of hydrogen-bond acceptors (Lipinski definition) is 4. The summed E-state index contributed by atoms with van der Waals surface area (Å²) >= 11 is 0. The van der Waals surface area contributed by atoms with E-state index in [4.69, 9.17) is 10.8 Å². The number of hydrogen-bond donors (Lipinski definition) is 2. The van der Waals surface area contributed by atoms with E-state index in [9.17, 15) is 0 Å². The highest BCUT2D eigenvalue weighted by atomic mass is 16.3. The molecule has 0 bridgehead atoms. The second kappa shape index (κ2) is 4.45. The molecule has 2 heterocycles. The molecule has 0 amide bonds. The zero-order valence-corrected chi connectivity index (χ0v) is 11.0. The zero-order valence-electron chi connectivity index (χ0n) is 11.0. The number of nitrogens with two attached hydrogens (primary N) is 1. The minimum atomic E-state index is -0.0486. The van der Waals surface area contributed by atoms with Gasteiger partial charge in [0.2, 0.25) is 0 Å². The van der Waals surface area contributed by atoms with Crippen LogP contribution >= 0.6 is 0 Å². The minimum absolute atomic E-state index is 0.0486. The molecule has 6 heteroatoms. The molecule has 98 valence electrons. The van der Waals surface area contributed by atoms with Crippen LogP contribution in [0.3, 0.4) is 0 Å². The third kappa shape index (κ3) is 2.38. The van der Waals surface area contributed by atoms with Crippen LogP contribution in [-0.4, -0.2) is 31.3 Å². The molecule has 18 heavy (non-hydrogen) atoms. The van der Waals surface area contributed by atoms with Crippen molar-refractivity contribution in [1.82, 2.24) is 19.6 Å². The van der Waals surface area contributed by atoms with E-state index in [1.54, 1.807) is 15.6 Å². The summed E-state index contributed by atoms with van der Waals surface area (Å²) in [6, 6.07) is 3.69. The first kappa shape index (κ1) is 12.6. The van der Waals surface area contributed by atoms with Gasteiger partial charge in [-0.25, -0.2) is 0 Å². The minimum Gasteiger partial charge on any atom is -0.394 e. The van der Waals surface area contributed by atoms with Gasteiger partial charge in [-0.1, -0.05) is 20.8 Å². The van der Waals surface area contributed by atoms with Gasteiger partial charge in [-0.2, -0.15) is 14.9 Å². The van der Waals surface area contributed by atoms with Crippen molar-refractivity contribution in [2.75, 3.05) is 12.3 Å². The highest BCUT2D eigenvalue weighted by Crippen LogP contribution is 2.24. The molecule has 0 aromatic carbocycles. The fourth-order valence-corrected chi connectivity index (χ4v) is 1.64.